The molecule has 2 atom stereocenters. The fraction of sp³-hybridized carbons (Fsp3) is 0.476. The van der Waals surface area contributed by atoms with Gasteiger partial charge < -0.3 is 15.5 Å². The molecule has 6 heteroatoms. The number of nitrogens with zero attached hydrogens (tertiary/aromatic N) is 2. The quantitative estimate of drug-likeness (QED) is 0.867. The van der Waals surface area contributed by atoms with Crippen LogP contribution in [0.2, 0.25) is 0 Å². The maximum absolute atomic E-state index is 13.1. The maximum atomic E-state index is 13.1. The molecular weight excluding hydrogens is 340 g/mol. The molecule has 2 fully saturated rings. The van der Waals surface area contributed by atoms with E-state index < -0.39 is 0 Å². The number of rotatable bonds is 4. The third-order valence-corrected chi connectivity index (χ3v) is 5.62. The fourth-order valence-corrected chi connectivity index (χ4v) is 4.13. The first-order valence-corrected chi connectivity index (χ1v) is 9.86. The van der Waals surface area contributed by atoms with Gasteiger partial charge in [-0.15, -0.1) is 0 Å². The van der Waals surface area contributed by atoms with Crippen LogP contribution in [0.25, 0.3) is 10.8 Å². The molecule has 0 bridgehead atoms. The van der Waals surface area contributed by atoms with E-state index in [1.807, 2.05) is 35.2 Å². The van der Waals surface area contributed by atoms with Gasteiger partial charge in [-0.3, -0.25) is 14.6 Å². The molecule has 2 aromatic rings. The summed E-state index contributed by atoms with van der Waals surface area (Å²) in [6.07, 6.45) is 5.66. The van der Waals surface area contributed by atoms with Crippen LogP contribution in [-0.4, -0.2) is 53.9 Å². The second kappa shape index (κ2) is 8.05. The van der Waals surface area contributed by atoms with Crippen LogP contribution in [-0.2, 0) is 4.79 Å². The number of likely N-dealkylation sites (tertiary alicyclic amines) is 1. The van der Waals surface area contributed by atoms with Crippen molar-refractivity contribution in [1.82, 2.24) is 20.5 Å². The van der Waals surface area contributed by atoms with Crippen LogP contribution in [0.5, 0.6) is 0 Å². The number of pyridine rings is 1. The Morgan fingerprint density at radius 1 is 1.19 bits per heavy atom. The summed E-state index contributed by atoms with van der Waals surface area (Å²) in [6, 6.07) is 9.73. The molecule has 0 saturated carbocycles. The van der Waals surface area contributed by atoms with E-state index in [1.54, 1.807) is 6.20 Å². The Labute approximate surface area is 159 Å². The first-order valence-electron chi connectivity index (χ1n) is 9.86. The number of piperidine rings is 1. The molecular formula is C21H26N4O2. The van der Waals surface area contributed by atoms with E-state index in [9.17, 15) is 9.59 Å². The summed E-state index contributed by atoms with van der Waals surface area (Å²) in [4.78, 5) is 31.5. The first-order chi connectivity index (χ1) is 13.2. The molecule has 2 amide bonds. The molecule has 6 nitrogen and oxygen atoms in total. The molecule has 142 valence electrons. The monoisotopic (exact) mass is 366 g/mol. The molecule has 2 saturated heterocycles. The predicted octanol–water partition coefficient (Wildman–Crippen LogP) is 1.96. The minimum Gasteiger partial charge on any atom is -0.354 e. The van der Waals surface area contributed by atoms with Gasteiger partial charge in [0.2, 0.25) is 5.91 Å². The lowest BCUT2D eigenvalue weighted by Crippen LogP contribution is -2.46. The van der Waals surface area contributed by atoms with E-state index in [0.717, 1.165) is 49.5 Å². The minimum atomic E-state index is -0.0498. The van der Waals surface area contributed by atoms with E-state index in [2.05, 4.69) is 15.6 Å². The standard InChI is InChI=1S/C21H26N4O2/c26-20(18-8-3-10-22-18)24-13-15-5-4-12-25(14-15)21(27)19-17-7-2-1-6-16(17)9-11-23-19/h1-2,6-7,9,11,15,18,22H,3-5,8,10,12-14H2,(H,24,26). The molecule has 2 aliphatic rings. The summed E-state index contributed by atoms with van der Waals surface area (Å²) in [7, 11) is 0. The number of carbonyl (C=O) groups is 2. The highest BCUT2D eigenvalue weighted by molar-refractivity contribution is 6.05. The maximum Gasteiger partial charge on any atom is 0.273 e. The number of amides is 2. The number of aromatic nitrogens is 1. The lowest BCUT2D eigenvalue weighted by atomic mass is 9.97. The average Bonchev–Trinajstić information content (AvgIpc) is 3.26. The lowest BCUT2D eigenvalue weighted by Gasteiger charge is -2.33. The topological polar surface area (TPSA) is 74.3 Å². The van der Waals surface area contributed by atoms with Gasteiger partial charge in [-0.1, -0.05) is 24.3 Å². The van der Waals surface area contributed by atoms with Crippen molar-refractivity contribution in [3.63, 3.8) is 0 Å². The highest BCUT2D eigenvalue weighted by atomic mass is 16.2. The third kappa shape index (κ3) is 3.95. The number of benzene rings is 1. The smallest absolute Gasteiger partial charge is 0.273 e. The van der Waals surface area contributed by atoms with E-state index >= 15 is 0 Å². The Balaban J connectivity index is 1.40. The van der Waals surface area contributed by atoms with Gasteiger partial charge in [0.1, 0.15) is 5.69 Å². The van der Waals surface area contributed by atoms with Crippen LogP contribution in [0, 0.1) is 5.92 Å². The van der Waals surface area contributed by atoms with Crippen LogP contribution in [0.3, 0.4) is 0 Å². The van der Waals surface area contributed by atoms with E-state index in [-0.39, 0.29) is 17.9 Å². The molecule has 0 radical (unpaired) electrons. The summed E-state index contributed by atoms with van der Waals surface area (Å²) in [6.45, 7) is 2.96. The van der Waals surface area contributed by atoms with Crippen LogP contribution >= 0.6 is 0 Å². The number of hydrogen-bond donors (Lipinski definition) is 2. The summed E-state index contributed by atoms with van der Waals surface area (Å²) >= 11 is 0. The Bertz CT molecular complexity index is 827. The number of carbonyl (C=O) groups excluding carboxylic acids is 2. The Hall–Kier alpha value is -2.47. The second-order valence-corrected chi connectivity index (χ2v) is 7.53. The zero-order chi connectivity index (χ0) is 18.6. The molecule has 27 heavy (non-hydrogen) atoms. The molecule has 2 N–H and O–H groups in total. The SMILES string of the molecule is O=C(NCC1CCCN(C(=O)c2nccc3ccccc23)C1)C1CCCN1. The van der Waals surface area contributed by atoms with Gasteiger partial charge in [-0.2, -0.15) is 0 Å². The fourth-order valence-electron chi connectivity index (χ4n) is 4.13. The molecule has 1 aromatic heterocycles. The van der Waals surface area contributed by atoms with Crippen molar-refractivity contribution >= 4 is 22.6 Å². The van der Waals surface area contributed by atoms with Gasteiger partial charge in [0.25, 0.3) is 5.91 Å². The average molecular weight is 366 g/mol. The van der Waals surface area contributed by atoms with Crippen molar-refractivity contribution in [1.29, 1.82) is 0 Å². The van der Waals surface area contributed by atoms with Gasteiger partial charge in [0.05, 0.1) is 6.04 Å². The zero-order valence-corrected chi connectivity index (χ0v) is 15.5. The highest BCUT2D eigenvalue weighted by Crippen LogP contribution is 2.22. The van der Waals surface area contributed by atoms with E-state index in [1.165, 1.54) is 0 Å². The van der Waals surface area contributed by atoms with Gasteiger partial charge in [-0.25, -0.2) is 0 Å². The van der Waals surface area contributed by atoms with Crippen LogP contribution in [0.4, 0.5) is 0 Å². The Kier molecular flexibility index (Phi) is 5.34. The minimum absolute atomic E-state index is 0.0136. The largest absolute Gasteiger partial charge is 0.354 e. The van der Waals surface area contributed by atoms with Crippen LogP contribution < -0.4 is 10.6 Å². The van der Waals surface area contributed by atoms with E-state index in [0.29, 0.717) is 24.7 Å². The van der Waals surface area contributed by atoms with Crippen molar-refractivity contribution in [2.75, 3.05) is 26.2 Å². The summed E-state index contributed by atoms with van der Waals surface area (Å²) in [5.41, 5.74) is 0.521. The summed E-state index contributed by atoms with van der Waals surface area (Å²) < 4.78 is 0. The van der Waals surface area contributed by atoms with Crippen molar-refractivity contribution in [2.24, 2.45) is 5.92 Å². The number of hydrogen-bond acceptors (Lipinski definition) is 4. The van der Waals surface area contributed by atoms with Crippen molar-refractivity contribution in [2.45, 2.75) is 31.7 Å². The lowest BCUT2D eigenvalue weighted by molar-refractivity contribution is -0.123. The molecule has 2 unspecified atom stereocenters. The Morgan fingerprint density at radius 2 is 2.07 bits per heavy atom. The zero-order valence-electron chi connectivity index (χ0n) is 15.5. The molecule has 0 aliphatic carbocycles. The van der Waals surface area contributed by atoms with Crippen molar-refractivity contribution in [3.8, 4) is 0 Å². The van der Waals surface area contributed by atoms with Crippen LogP contribution in [0.15, 0.2) is 36.5 Å². The van der Waals surface area contributed by atoms with E-state index in [4.69, 9.17) is 0 Å². The van der Waals surface area contributed by atoms with Crippen LogP contribution in [0.1, 0.15) is 36.2 Å². The number of fused-ring (bicyclic) bond motifs is 1. The van der Waals surface area contributed by atoms with Gasteiger partial charge in [-0.05, 0) is 49.6 Å². The van der Waals surface area contributed by atoms with Gasteiger partial charge in [0, 0.05) is 31.2 Å². The Morgan fingerprint density at radius 3 is 2.93 bits per heavy atom. The molecule has 4 rings (SSSR count). The van der Waals surface area contributed by atoms with Gasteiger partial charge >= 0.3 is 0 Å². The molecule has 2 aliphatic heterocycles. The predicted molar refractivity (Wildman–Crippen MR) is 104 cm³/mol. The summed E-state index contributed by atoms with van der Waals surface area (Å²) in [5, 5.41) is 8.22. The highest BCUT2D eigenvalue weighted by Gasteiger charge is 2.28. The van der Waals surface area contributed by atoms with Crippen molar-refractivity contribution in [3.05, 3.63) is 42.2 Å². The third-order valence-electron chi connectivity index (χ3n) is 5.62. The first kappa shape index (κ1) is 17.9. The molecule has 3 heterocycles. The van der Waals surface area contributed by atoms with Gasteiger partial charge in [0.15, 0.2) is 0 Å². The second-order valence-electron chi connectivity index (χ2n) is 7.53. The summed E-state index contributed by atoms with van der Waals surface area (Å²) in [5.74, 6) is 0.370. The molecule has 0 spiro atoms. The van der Waals surface area contributed by atoms with Crippen molar-refractivity contribution < 1.29 is 9.59 Å². The normalized spacial score (nSPS) is 22.7. The molecule has 1 aromatic carbocycles. The number of nitrogens with one attached hydrogen (secondary N) is 2.